The lowest BCUT2D eigenvalue weighted by Crippen LogP contribution is -2.36. The van der Waals surface area contributed by atoms with Crippen LogP contribution in [0.3, 0.4) is 0 Å². The Hall–Kier alpha value is -1.83. The van der Waals surface area contributed by atoms with Crippen molar-refractivity contribution < 1.29 is 32.2 Å². The first-order chi connectivity index (χ1) is 11.5. The Bertz CT molecular complexity index is 561. The molecular weight excluding hydrogens is 342 g/mol. The summed E-state index contributed by atoms with van der Waals surface area (Å²) in [5.41, 5.74) is -0.322. The average molecular weight is 365 g/mol. The number of aliphatic hydroxyl groups excluding tert-OH is 1. The molecule has 0 aliphatic carbocycles. The first kappa shape index (κ1) is 21.2. The van der Waals surface area contributed by atoms with E-state index in [4.69, 9.17) is 0 Å². The van der Waals surface area contributed by atoms with Gasteiger partial charge in [0.2, 0.25) is 12.3 Å². The van der Waals surface area contributed by atoms with Gasteiger partial charge in [-0.05, 0) is 23.1 Å². The minimum atomic E-state index is -3.04. The fourth-order valence-corrected chi connectivity index (χ4v) is 2.10. The van der Waals surface area contributed by atoms with E-state index in [-0.39, 0.29) is 17.7 Å². The molecule has 0 saturated carbocycles. The van der Waals surface area contributed by atoms with Crippen molar-refractivity contribution in [2.75, 3.05) is 0 Å². The summed E-state index contributed by atoms with van der Waals surface area (Å²) in [4.78, 5) is 12.1. The largest absolute Gasteiger partial charge is 0.435 e. The third kappa shape index (κ3) is 7.72. The van der Waals surface area contributed by atoms with E-state index in [0.717, 1.165) is 0 Å². The molecule has 1 rings (SSSR count). The minimum Gasteiger partial charge on any atom is -0.435 e. The van der Waals surface area contributed by atoms with Crippen molar-refractivity contribution in [1.29, 1.82) is 0 Å². The number of rotatable bonds is 8. The van der Waals surface area contributed by atoms with Crippen molar-refractivity contribution in [2.45, 2.75) is 58.8 Å². The summed E-state index contributed by atoms with van der Waals surface area (Å²) in [6.45, 7) is 2.19. The van der Waals surface area contributed by atoms with E-state index in [1.54, 1.807) is 20.8 Å². The summed E-state index contributed by atoms with van der Waals surface area (Å²) in [6.07, 6.45) is -4.60. The van der Waals surface area contributed by atoms with Gasteiger partial charge >= 0.3 is 6.61 Å². The van der Waals surface area contributed by atoms with Crippen LogP contribution in [0.5, 0.6) is 5.75 Å². The first-order valence-electron chi connectivity index (χ1n) is 7.79. The molecule has 0 saturated heterocycles. The number of alkyl halides is 4. The molecule has 0 aliphatic rings. The topological polar surface area (TPSA) is 58.6 Å². The van der Waals surface area contributed by atoms with Gasteiger partial charge in [0.05, 0.1) is 18.6 Å². The van der Waals surface area contributed by atoms with Crippen LogP contribution in [0.15, 0.2) is 24.3 Å². The van der Waals surface area contributed by atoms with Gasteiger partial charge in [-0.2, -0.15) is 8.78 Å². The van der Waals surface area contributed by atoms with Gasteiger partial charge in [0.15, 0.2) is 0 Å². The Morgan fingerprint density at radius 3 is 2.40 bits per heavy atom. The fourth-order valence-electron chi connectivity index (χ4n) is 2.10. The quantitative estimate of drug-likeness (QED) is 0.687. The van der Waals surface area contributed by atoms with E-state index in [1.165, 1.54) is 24.3 Å². The Morgan fingerprint density at radius 1 is 1.24 bits per heavy atom. The van der Waals surface area contributed by atoms with E-state index in [2.05, 4.69) is 10.1 Å². The SMILES string of the molecule is CC(C)(C)C(O)CC(=O)N[C@@H](CC(F)F)c1cccc(OC(F)F)c1. The highest BCUT2D eigenvalue weighted by Gasteiger charge is 2.27. The number of carbonyl (C=O) groups excluding carboxylic acids is 1. The van der Waals surface area contributed by atoms with E-state index in [9.17, 15) is 27.5 Å². The van der Waals surface area contributed by atoms with Crippen molar-refractivity contribution in [3.05, 3.63) is 29.8 Å². The number of amides is 1. The normalized spacial score (nSPS) is 14.5. The van der Waals surface area contributed by atoms with E-state index in [0.29, 0.717) is 0 Å². The molecule has 0 fully saturated rings. The zero-order valence-corrected chi connectivity index (χ0v) is 14.3. The maximum atomic E-state index is 12.8. The lowest BCUT2D eigenvalue weighted by atomic mass is 9.87. The van der Waals surface area contributed by atoms with Crippen molar-refractivity contribution >= 4 is 5.91 Å². The van der Waals surface area contributed by atoms with Crippen LogP contribution in [0.2, 0.25) is 0 Å². The van der Waals surface area contributed by atoms with Crippen LogP contribution >= 0.6 is 0 Å². The molecule has 2 N–H and O–H groups in total. The second-order valence-electron chi connectivity index (χ2n) is 6.78. The molecule has 1 aromatic rings. The molecule has 1 amide bonds. The van der Waals surface area contributed by atoms with Crippen molar-refractivity contribution in [3.63, 3.8) is 0 Å². The Labute approximate surface area is 144 Å². The maximum absolute atomic E-state index is 12.8. The van der Waals surface area contributed by atoms with Gasteiger partial charge < -0.3 is 15.2 Å². The minimum absolute atomic E-state index is 0.184. The van der Waals surface area contributed by atoms with Crippen LogP contribution < -0.4 is 10.1 Å². The number of carbonyl (C=O) groups is 1. The predicted molar refractivity (Wildman–Crippen MR) is 84.7 cm³/mol. The van der Waals surface area contributed by atoms with Gasteiger partial charge in [-0.1, -0.05) is 32.9 Å². The van der Waals surface area contributed by atoms with Gasteiger partial charge in [0, 0.05) is 6.42 Å². The maximum Gasteiger partial charge on any atom is 0.387 e. The predicted octanol–water partition coefficient (Wildman–Crippen LogP) is 3.90. The highest BCUT2D eigenvalue weighted by Crippen LogP contribution is 2.26. The monoisotopic (exact) mass is 365 g/mol. The lowest BCUT2D eigenvalue weighted by Gasteiger charge is -2.26. The Morgan fingerprint density at radius 2 is 1.88 bits per heavy atom. The van der Waals surface area contributed by atoms with E-state index >= 15 is 0 Å². The van der Waals surface area contributed by atoms with Crippen LogP contribution in [0, 0.1) is 5.41 Å². The summed E-state index contributed by atoms with van der Waals surface area (Å²) in [7, 11) is 0. The second-order valence-corrected chi connectivity index (χ2v) is 6.78. The second kappa shape index (κ2) is 9.03. The lowest BCUT2D eigenvalue weighted by molar-refractivity contribution is -0.125. The summed E-state index contributed by atoms with van der Waals surface area (Å²) in [5, 5.41) is 12.4. The number of benzene rings is 1. The number of hydrogen-bond acceptors (Lipinski definition) is 3. The molecule has 8 heteroatoms. The third-order valence-electron chi connectivity index (χ3n) is 3.61. The number of hydrogen-bond donors (Lipinski definition) is 2. The zero-order valence-electron chi connectivity index (χ0n) is 14.3. The summed E-state index contributed by atoms with van der Waals surface area (Å²) in [5.74, 6) is -0.788. The molecule has 4 nitrogen and oxygen atoms in total. The molecule has 0 heterocycles. The highest BCUT2D eigenvalue weighted by molar-refractivity contribution is 5.77. The van der Waals surface area contributed by atoms with Gasteiger partial charge in [0.25, 0.3) is 0 Å². The summed E-state index contributed by atoms with van der Waals surface area (Å²) >= 11 is 0. The molecule has 25 heavy (non-hydrogen) atoms. The summed E-state index contributed by atoms with van der Waals surface area (Å²) < 4.78 is 54.5. The van der Waals surface area contributed by atoms with E-state index in [1.807, 2.05) is 0 Å². The molecule has 0 bridgehead atoms. The van der Waals surface area contributed by atoms with Crippen molar-refractivity contribution in [1.82, 2.24) is 5.32 Å². The van der Waals surface area contributed by atoms with Gasteiger partial charge in [0.1, 0.15) is 5.75 Å². The molecule has 142 valence electrons. The van der Waals surface area contributed by atoms with Gasteiger partial charge in [-0.25, -0.2) is 8.78 Å². The molecule has 1 aromatic carbocycles. The molecule has 1 unspecified atom stereocenters. The average Bonchev–Trinajstić information content (AvgIpc) is 2.44. The number of aliphatic hydroxyl groups is 1. The van der Waals surface area contributed by atoms with Crippen molar-refractivity contribution in [3.8, 4) is 5.75 Å². The molecule has 0 aromatic heterocycles. The standard InChI is InChI=1S/C17H23F4NO3/c1-17(2,3)13(23)9-15(24)22-12(8-14(18)19)10-5-4-6-11(7-10)25-16(20)21/h4-7,12-14,16,23H,8-9H2,1-3H3,(H,22,24)/t12-,13?/m0/s1. The van der Waals surface area contributed by atoms with E-state index < -0.39 is 42.9 Å². The number of nitrogens with one attached hydrogen (secondary N) is 1. The Kier molecular flexibility index (Phi) is 7.66. The van der Waals surface area contributed by atoms with Gasteiger partial charge in [-0.3, -0.25) is 4.79 Å². The smallest absolute Gasteiger partial charge is 0.387 e. The van der Waals surface area contributed by atoms with Crippen LogP contribution in [-0.2, 0) is 4.79 Å². The van der Waals surface area contributed by atoms with Crippen LogP contribution in [0.1, 0.15) is 45.2 Å². The molecule has 0 aliphatic heterocycles. The molecular formula is C17H23F4NO3. The number of halogens is 4. The molecule has 0 radical (unpaired) electrons. The highest BCUT2D eigenvalue weighted by atomic mass is 19.3. The fraction of sp³-hybridized carbons (Fsp3) is 0.588. The van der Waals surface area contributed by atoms with Crippen LogP contribution in [-0.4, -0.2) is 30.2 Å². The first-order valence-corrected chi connectivity index (χ1v) is 7.79. The third-order valence-corrected chi connectivity index (χ3v) is 3.61. The summed E-state index contributed by atoms with van der Waals surface area (Å²) in [6, 6.07) is 4.17. The van der Waals surface area contributed by atoms with Crippen molar-refractivity contribution in [2.24, 2.45) is 5.41 Å². The zero-order chi connectivity index (χ0) is 19.2. The molecule has 0 spiro atoms. The van der Waals surface area contributed by atoms with Gasteiger partial charge in [-0.15, -0.1) is 0 Å². The molecule has 2 atom stereocenters. The Balaban J connectivity index is 2.89. The van der Waals surface area contributed by atoms with Crippen LogP contribution in [0.25, 0.3) is 0 Å². The number of ether oxygens (including phenoxy) is 1. The van der Waals surface area contributed by atoms with Crippen LogP contribution in [0.4, 0.5) is 17.6 Å².